The molecule has 1 aliphatic heterocycles. The second kappa shape index (κ2) is 7.82. The van der Waals surface area contributed by atoms with Gasteiger partial charge in [0.2, 0.25) is 11.8 Å². The zero-order valence-electron chi connectivity index (χ0n) is 17.0. The molecule has 1 aromatic heterocycles. The third kappa shape index (κ3) is 3.52. The van der Waals surface area contributed by atoms with E-state index < -0.39 is 22.8 Å². The number of hydrogen-bond acceptors (Lipinski definition) is 4. The molecular weight excluding hydrogens is 403 g/mol. The largest absolute Gasteiger partial charge is 0.361 e. The summed E-state index contributed by atoms with van der Waals surface area (Å²) in [7, 11) is 3.07. The highest BCUT2D eigenvalue weighted by atomic mass is 19.1. The molecule has 0 saturated carbocycles. The van der Waals surface area contributed by atoms with Crippen LogP contribution < -0.4 is 0 Å². The van der Waals surface area contributed by atoms with Crippen LogP contribution in [0.15, 0.2) is 48.7 Å². The number of nitrogens with one attached hydrogen (secondary N) is 1. The van der Waals surface area contributed by atoms with E-state index in [1.165, 1.54) is 36.0 Å². The smallest absolute Gasteiger partial charge is 0.279 e. The van der Waals surface area contributed by atoms with Crippen LogP contribution in [-0.2, 0) is 22.4 Å². The van der Waals surface area contributed by atoms with Gasteiger partial charge in [-0.15, -0.1) is 0 Å². The number of aromatic nitrogens is 1. The molecule has 0 bridgehead atoms. The van der Waals surface area contributed by atoms with Crippen molar-refractivity contribution in [2.24, 2.45) is 0 Å². The minimum absolute atomic E-state index is 0.0585. The van der Waals surface area contributed by atoms with Crippen molar-refractivity contribution in [3.05, 3.63) is 75.7 Å². The van der Waals surface area contributed by atoms with Gasteiger partial charge in [-0.1, -0.05) is 24.3 Å². The number of aromatic amines is 1. The van der Waals surface area contributed by atoms with Crippen LogP contribution in [0.1, 0.15) is 11.1 Å². The summed E-state index contributed by atoms with van der Waals surface area (Å²) < 4.78 is 14.1. The Balaban J connectivity index is 1.63. The molecule has 0 radical (unpaired) electrons. The van der Waals surface area contributed by atoms with Gasteiger partial charge in [0, 0.05) is 39.2 Å². The molecule has 0 spiro atoms. The predicted octanol–water partition coefficient (Wildman–Crippen LogP) is 2.67. The lowest BCUT2D eigenvalue weighted by Gasteiger charge is -2.42. The lowest BCUT2D eigenvalue weighted by molar-refractivity contribution is -0.383. The van der Waals surface area contributed by atoms with E-state index >= 15 is 0 Å². The minimum Gasteiger partial charge on any atom is -0.361 e. The number of carbonyl (C=O) groups excluding carboxylic acids is 2. The van der Waals surface area contributed by atoms with Gasteiger partial charge in [-0.3, -0.25) is 19.7 Å². The first-order valence-corrected chi connectivity index (χ1v) is 9.79. The summed E-state index contributed by atoms with van der Waals surface area (Å²) in [4.78, 5) is 42.9. The topological polar surface area (TPSA) is 99.6 Å². The summed E-state index contributed by atoms with van der Waals surface area (Å²) in [5, 5.41) is 11.9. The Kier molecular flexibility index (Phi) is 5.18. The van der Waals surface area contributed by atoms with Crippen LogP contribution in [-0.4, -0.2) is 57.7 Å². The Labute approximate surface area is 177 Å². The molecule has 2 atom stereocenters. The van der Waals surface area contributed by atoms with E-state index in [0.717, 1.165) is 0 Å². The first-order valence-electron chi connectivity index (χ1n) is 9.79. The van der Waals surface area contributed by atoms with Crippen molar-refractivity contribution in [1.29, 1.82) is 0 Å². The number of likely N-dealkylation sites (N-methyl/N-ethyl adjacent to an activating group) is 2. The number of nitrogens with zero attached hydrogens (tertiary/aromatic N) is 3. The molecule has 0 aliphatic carbocycles. The van der Waals surface area contributed by atoms with Crippen LogP contribution in [0.5, 0.6) is 0 Å². The Morgan fingerprint density at radius 3 is 2.19 bits per heavy atom. The van der Waals surface area contributed by atoms with Gasteiger partial charge >= 0.3 is 0 Å². The van der Waals surface area contributed by atoms with Gasteiger partial charge in [0.05, 0.1) is 15.8 Å². The van der Waals surface area contributed by atoms with Gasteiger partial charge in [-0.25, -0.2) is 4.39 Å². The molecule has 2 aromatic carbocycles. The summed E-state index contributed by atoms with van der Waals surface area (Å²) in [5.74, 6) is -1.02. The van der Waals surface area contributed by atoms with Gasteiger partial charge in [0.1, 0.15) is 17.9 Å². The van der Waals surface area contributed by atoms with Gasteiger partial charge in [0.25, 0.3) is 5.69 Å². The number of nitro benzene ring substituents is 1. The first kappa shape index (κ1) is 20.5. The van der Waals surface area contributed by atoms with E-state index in [-0.39, 0.29) is 30.3 Å². The van der Waals surface area contributed by atoms with Crippen molar-refractivity contribution in [3.8, 4) is 0 Å². The highest BCUT2D eigenvalue weighted by molar-refractivity contribution is 5.98. The number of carbonyl (C=O) groups is 2. The third-order valence-electron chi connectivity index (χ3n) is 5.95. The number of hydrogen-bond donors (Lipinski definition) is 1. The first-order chi connectivity index (χ1) is 14.8. The van der Waals surface area contributed by atoms with E-state index in [2.05, 4.69) is 4.98 Å². The molecule has 31 heavy (non-hydrogen) atoms. The number of fused-ring (bicyclic) bond motifs is 1. The molecule has 1 aliphatic rings. The summed E-state index contributed by atoms with van der Waals surface area (Å²) in [5.41, 5.74) is 1.48. The molecule has 1 saturated heterocycles. The van der Waals surface area contributed by atoms with Crippen LogP contribution in [0.2, 0.25) is 0 Å². The number of non-ortho nitro benzene ring substituents is 1. The number of piperazine rings is 1. The number of amides is 2. The molecule has 2 heterocycles. The van der Waals surface area contributed by atoms with E-state index in [1.54, 1.807) is 36.5 Å². The summed E-state index contributed by atoms with van der Waals surface area (Å²) in [6, 6.07) is 9.26. The molecule has 2 amide bonds. The molecule has 8 nitrogen and oxygen atoms in total. The van der Waals surface area contributed by atoms with E-state index in [4.69, 9.17) is 0 Å². The predicted molar refractivity (Wildman–Crippen MR) is 112 cm³/mol. The molecule has 4 rings (SSSR count). The maximum absolute atomic E-state index is 14.1. The lowest BCUT2D eigenvalue weighted by Crippen LogP contribution is -2.63. The zero-order valence-corrected chi connectivity index (χ0v) is 17.0. The van der Waals surface area contributed by atoms with Crippen molar-refractivity contribution >= 4 is 28.4 Å². The maximum Gasteiger partial charge on any atom is 0.279 e. The number of halogens is 1. The monoisotopic (exact) mass is 424 g/mol. The Morgan fingerprint density at radius 1 is 0.968 bits per heavy atom. The van der Waals surface area contributed by atoms with E-state index in [0.29, 0.717) is 22.0 Å². The van der Waals surface area contributed by atoms with E-state index in [9.17, 15) is 24.1 Å². The lowest BCUT2D eigenvalue weighted by atomic mass is 9.95. The van der Waals surface area contributed by atoms with Gasteiger partial charge in [-0.05, 0) is 23.3 Å². The average Bonchev–Trinajstić information content (AvgIpc) is 3.17. The van der Waals surface area contributed by atoms with Crippen LogP contribution in [0.25, 0.3) is 10.9 Å². The number of nitro groups is 1. The SMILES string of the molecule is CN1C(=O)[C@H](Cc2ccccc2F)N(C)C(=O)C1Cc1c[nH]c2cccc([N+](=O)[O-])c12. The second-order valence-electron chi connectivity index (χ2n) is 7.70. The van der Waals surface area contributed by atoms with E-state index in [1.807, 2.05) is 0 Å². The van der Waals surface area contributed by atoms with Crippen LogP contribution in [0.4, 0.5) is 10.1 Å². The third-order valence-corrected chi connectivity index (χ3v) is 5.95. The second-order valence-corrected chi connectivity index (χ2v) is 7.70. The highest BCUT2D eigenvalue weighted by Gasteiger charge is 2.43. The van der Waals surface area contributed by atoms with Gasteiger partial charge < -0.3 is 14.8 Å². The molecule has 9 heteroatoms. The molecule has 1 N–H and O–H groups in total. The van der Waals surface area contributed by atoms with Crippen molar-refractivity contribution in [1.82, 2.24) is 14.8 Å². The average molecular weight is 424 g/mol. The fraction of sp³-hybridized carbons (Fsp3) is 0.273. The van der Waals surface area contributed by atoms with Gasteiger partial charge in [0.15, 0.2) is 0 Å². The number of H-pyrrole nitrogens is 1. The summed E-state index contributed by atoms with van der Waals surface area (Å²) in [6.45, 7) is 0. The minimum atomic E-state index is -0.817. The van der Waals surface area contributed by atoms with Crippen LogP contribution in [0, 0.1) is 15.9 Å². The number of rotatable bonds is 5. The Bertz CT molecular complexity index is 1190. The Morgan fingerprint density at radius 2 is 1.58 bits per heavy atom. The van der Waals surface area contributed by atoms with Crippen molar-refractivity contribution in [2.75, 3.05) is 14.1 Å². The summed E-state index contributed by atoms with van der Waals surface area (Å²) >= 11 is 0. The zero-order chi connectivity index (χ0) is 22.3. The van der Waals surface area contributed by atoms with Gasteiger partial charge in [-0.2, -0.15) is 0 Å². The maximum atomic E-state index is 14.1. The van der Waals surface area contributed by atoms with Crippen molar-refractivity contribution in [2.45, 2.75) is 24.9 Å². The number of benzene rings is 2. The van der Waals surface area contributed by atoms with Crippen molar-refractivity contribution in [3.63, 3.8) is 0 Å². The van der Waals surface area contributed by atoms with Crippen LogP contribution >= 0.6 is 0 Å². The normalized spacial score (nSPS) is 19.3. The molecule has 1 fully saturated rings. The summed E-state index contributed by atoms with van der Waals surface area (Å²) in [6.07, 6.45) is 1.83. The molecule has 3 aromatic rings. The molecule has 1 unspecified atom stereocenters. The fourth-order valence-electron chi connectivity index (χ4n) is 4.19. The standard InChI is InChI=1S/C22H21FN4O4/c1-25-18(10-13-6-3-4-7-15(13)23)21(28)26(2)19(22(25)29)11-14-12-24-16-8-5-9-17(20(14)16)27(30)31/h3-9,12,18-19,24H,10-11H2,1-2H3/t18-,19?/m0/s1. The molecule has 160 valence electrons. The van der Waals surface area contributed by atoms with Crippen LogP contribution in [0.3, 0.4) is 0 Å². The Hall–Kier alpha value is -3.75. The molecular formula is C22H21FN4O4. The van der Waals surface area contributed by atoms with Crippen molar-refractivity contribution < 1.29 is 18.9 Å². The highest BCUT2D eigenvalue weighted by Crippen LogP contribution is 2.31. The quantitative estimate of drug-likeness (QED) is 0.503. The fourth-order valence-corrected chi connectivity index (χ4v) is 4.19.